The molecule has 1 atom stereocenters. The third-order valence-electron chi connectivity index (χ3n) is 4.58. The molecule has 0 aliphatic carbocycles. The molecule has 0 saturated carbocycles. The van der Waals surface area contributed by atoms with Crippen LogP contribution in [0.15, 0.2) is 23.1 Å². The van der Waals surface area contributed by atoms with E-state index in [9.17, 15) is 18.5 Å². The molecule has 1 aromatic rings. The highest BCUT2D eigenvalue weighted by atomic mass is 32.2. The Morgan fingerprint density at radius 1 is 1.38 bits per heavy atom. The lowest BCUT2D eigenvalue weighted by atomic mass is 9.79. The number of sulfonamides is 1. The van der Waals surface area contributed by atoms with Crippen molar-refractivity contribution in [3.8, 4) is 0 Å². The lowest BCUT2D eigenvalue weighted by Crippen LogP contribution is -2.52. The molecule has 1 aliphatic rings. The summed E-state index contributed by atoms with van der Waals surface area (Å²) in [5, 5.41) is 11.5. The number of rotatable bonds is 4. The van der Waals surface area contributed by atoms with Crippen molar-refractivity contribution in [3.05, 3.63) is 28.3 Å². The Kier molecular flexibility index (Phi) is 4.89. The number of nitro benzene ring substituents is 1. The Labute approximate surface area is 142 Å². The monoisotopic (exact) mass is 356 g/mol. The second kappa shape index (κ2) is 6.30. The van der Waals surface area contributed by atoms with Gasteiger partial charge in [0, 0.05) is 39.3 Å². The van der Waals surface area contributed by atoms with Crippen LogP contribution in [0.3, 0.4) is 0 Å². The quantitative estimate of drug-likeness (QED) is 0.645. The molecule has 24 heavy (non-hydrogen) atoms. The van der Waals surface area contributed by atoms with Crippen LogP contribution in [0, 0.1) is 15.5 Å². The topological polar surface area (TPSA) is 110 Å². The molecule has 1 unspecified atom stereocenters. The van der Waals surface area contributed by atoms with Crippen LogP contribution in [-0.2, 0) is 10.0 Å². The van der Waals surface area contributed by atoms with Crippen LogP contribution in [0.2, 0.25) is 0 Å². The lowest BCUT2D eigenvalue weighted by molar-refractivity contribution is -0.384. The first-order chi connectivity index (χ1) is 11.0. The van der Waals surface area contributed by atoms with Crippen molar-refractivity contribution in [2.45, 2.75) is 31.2 Å². The van der Waals surface area contributed by atoms with Crippen molar-refractivity contribution in [2.24, 2.45) is 11.1 Å². The minimum atomic E-state index is -3.72. The highest BCUT2D eigenvalue weighted by molar-refractivity contribution is 7.89. The third kappa shape index (κ3) is 3.38. The van der Waals surface area contributed by atoms with Crippen LogP contribution in [0.5, 0.6) is 0 Å². The van der Waals surface area contributed by atoms with Crippen LogP contribution in [0.1, 0.15) is 20.3 Å². The molecule has 0 spiro atoms. The van der Waals surface area contributed by atoms with Gasteiger partial charge in [0.1, 0.15) is 5.69 Å². The maximum atomic E-state index is 12.2. The number of hydrogen-bond donors (Lipinski definition) is 1. The predicted molar refractivity (Wildman–Crippen MR) is 92.6 cm³/mol. The van der Waals surface area contributed by atoms with Crippen LogP contribution in [-0.4, -0.2) is 50.9 Å². The fraction of sp³-hybridized carbons (Fsp3) is 0.600. The summed E-state index contributed by atoms with van der Waals surface area (Å²) in [7, 11) is -0.937. The second-order valence-corrected chi connectivity index (χ2v) is 9.15. The molecule has 0 amide bonds. The van der Waals surface area contributed by atoms with Gasteiger partial charge in [0.25, 0.3) is 5.69 Å². The summed E-state index contributed by atoms with van der Waals surface area (Å²) < 4.78 is 25.5. The molecule has 0 aromatic heterocycles. The molecule has 0 bridgehead atoms. The first-order valence-electron chi connectivity index (χ1n) is 7.68. The molecule has 2 rings (SSSR count). The molecule has 2 N–H and O–H groups in total. The summed E-state index contributed by atoms with van der Waals surface area (Å²) >= 11 is 0. The molecular formula is C15H24N4O4S. The highest BCUT2D eigenvalue weighted by Crippen LogP contribution is 2.36. The Balaban J connectivity index is 2.47. The van der Waals surface area contributed by atoms with Crippen LogP contribution < -0.4 is 10.6 Å². The van der Waals surface area contributed by atoms with Gasteiger partial charge in [-0.25, -0.2) is 12.7 Å². The maximum absolute atomic E-state index is 12.2. The van der Waals surface area contributed by atoms with E-state index in [4.69, 9.17) is 5.73 Å². The normalized spacial score (nSPS) is 21.1. The van der Waals surface area contributed by atoms with Gasteiger partial charge in [-0.3, -0.25) is 10.1 Å². The highest BCUT2D eigenvalue weighted by Gasteiger charge is 2.36. The van der Waals surface area contributed by atoms with E-state index in [1.165, 1.54) is 26.2 Å². The number of nitrogens with zero attached hydrogens (tertiary/aromatic N) is 3. The Bertz CT molecular complexity index is 746. The average molecular weight is 356 g/mol. The van der Waals surface area contributed by atoms with Crippen LogP contribution in [0.4, 0.5) is 11.4 Å². The van der Waals surface area contributed by atoms with E-state index in [1.54, 1.807) is 0 Å². The van der Waals surface area contributed by atoms with Gasteiger partial charge in [-0.15, -0.1) is 0 Å². The zero-order chi connectivity index (χ0) is 18.3. The maximum Gasteiger partial charge on any atom is 0.293 e. The molecule has 1 aliphatic heterocycles. The minimum Gasteiger partial charge on any atom is -0.365 e. The van der Waals surface area contributed by atoms with Crippen molar-refractivity contribution >= 4 is 21.4 Å². The second-order valence-electron chi connectivity index (χ2n) is 7.00. The first-order valence-corrected chi connectivity index (χ1v) is 9.12. The van der Waals surface area contributed by atoms with Crippen molar-refractivity contribution in [3.63, 3.8) is 0 Å². The molecule has 134 valence electrons. The van der Waals surface area contributed by atoms with Gasteiger partial charge >= 0.3 is 0 Å². The van der Waals surface area contributed by atoms with E-state index in [0.717, 1.165) is 16.8 Å². The fourth-order valence-corrected chi connectivity index (χ4v) is 3.79. The van der Waals surface area contributed by atoms with Crippen molar-refractivity contribution < 1.29 is 13.3 Å². The van der Waals surface area contributed by atoms with E-state index >= 15 is 0 Å². The minimum absolute atomic E-state index is 0.0289. The van der Waals surface area contributed by atoms with Crippen molar-refractivity contribution in [1.29, 1.82) is 0 Å². The first kappa shape index (κ1) is 18.6. The largest absolute Gasteiger partial charge is 0.365 e. The number of nitrogens with two attached hydrogens (primary N) is 1. The summed E-state index contributed by atoms with van der Waals surface area (Å²) in [6.07, 6.45) is 0.724. The standard InChI is InChI=1S/C15H24N4O4S/c1-15(2)10-18(8-7-14(15)16)12-6-5-11(9-13(12)19(20)21)24(22,23)17(3)4/h5-6,9,14H,7-8,10,16H2,1-4H3. The molecular weight excluding hydrogens is 332 g/mol. The zero-order valence-corrected chi connectivity index (χ0v) is 15.2. The molecule has 1 heterocycles. The molecule has 8 nitrogen and oxygen atoms in total. The van der Waals surface area contributed by atoms with Gasteiger partial charge in [-0.2, -0.15) is 0 Å². The molecule has 1 saturated heterocycles. The van der Waals surface area contributed by atoms with Crippen LogP contribution in [0.25, 0.3) is 0 Å². The Morgan fingerprint density at radius 2 is 2.00 bits per heavy atom. The van der Waals surface area contributed by atoms with E-state index in [0.29, 0.717) is 18.8 Å². The number of benzene rings is 1. The van der Waals surface area contributed by atoms with Gasteiger partial charge in [0.05, 0.1) is 9.82 Å². The SMILES string of the molecule is CN(C)S(=O)(=O)c1ccc(N2CCC(N)C(C)(C)C2)c([N+](=O)[O-])c1. The number of anilines is 1. The van der Waals surface area contributed by atoms with E-state index < -0.39 is 14.9 Å². The summed E-state index contributed by atoms with van der Waals surface area (Å²) in [4.78, 5) is 12.8. The van der Waals surface area contributed by atoms with Gasteiger partial charge < -0.3 is 10.6 Å². The molecule has 1 aromatic carbocycles. The molecule has 9 heteroatoms. The van der Waals surface area contributed by atoms with Crippen LogP contribution >= 0.6 is 0 Å². The van der Waals surface area contributed by atoms with Gasteiger partial charge in [-0.05, 0) is 24.0 Å². The summed E-state index contributed by atoms with van der Waals surface area (Å²) in [6.45, 7) is 5.24. The predicted octanol–water partition coefficient (Wildman–Crippen LogP) is 1.41. The fourth-order valence-electron chi connectivity index (χ4n) is 2.87. The summed E-state index contributed by atoms with van der Waals surface area (Å²) in [5.41, 5.74) is 6.16. The number of nitro groups is 1. The van der Waals surface area contributed by atoms with E-state index in [2.05, 4.69) is 0 Å². The van der Waals surface area contributed by atoms with Gasteiger partial charge in [0.2, 0.25) is 10.0 Å². The van der Waals surface area contributed by atoms with Gasteiger partial charge in [0.15, 0.2) is 0 Å². The summed E-state index contributed by atoms with van der Waals surface area (Å²) in [5.74, 6) is 0. The Morgan fingerprint density at radius 3 is 2.50 bits per heavy atom. The summed E-state index contributed by atoms with van der Waals surface area (Å²) in [6, 6.07) is 4.09. The average Bonchev–Trinajstić information content (AvgIpc) is 2.49. The number of piperidine rings is 1. The van der Waals surface area contributed by atoms with Crippen molar-refractivity contribution in [1.82, 2.24) is 4.31 Å². The van der Waals surface area contributed by atoms with Crippen molar-refractivity contribution in [2.75, 3.05) is 32.1 Å². The van der Waals surface area contributed by atoms with Gasteiger partial charge in [-0.1, -0.05) is 13.8 Å². The molecule has 1 fully saturated rings. The molecule has 0 radical (unpaired) electrons. The lowest BCUT2D eigenvalue weighted by Gasteiger charge is -2.43. The Hall–Kier alpha value is -1.71. The number of hydrogen-bond acceptors (Lipinski definition) is 6. The third-order valence-corrected chi connectivity index (χ3v) is 6.39. The smallest absolute Gasteiger partial charge is 0.293 e. The van der Waals surface area contributed by atoms with E-state index in [1.807, 2.05) is 18.7 Å². The van der Waals surface area contributed by atoms with E-state index in [-0.39, 0.29) is 22.0 Å². The zero-order valence-electron chi connectivity index (χ0n) is 14.4.